The minimum Gasteiger partial charge on any atom is -0.465 e. The van der Waals surface area contributed by atoms with Crippen LogP contribution < -0.4 is 4.74 Å². The second kappa shape index (κ2) is 8.41. The highest BCUT2D eigenvalue weighted by molar-refractivity contribution is 6.34. The van der Waals surface area contributed by atoms with Gasteiger partial charge in [-0.3, -0.25) is 0 Å². The summed E-state index contributed by atoms with van der Waals surface area (Å²) < 4.78 is 10.6. The van der Waals surface area contributed by atoms with E-state index in [1.807, 2.05) is 37.3 Å². The molecule has 1 atom stereocenters. The number of aromatic amines is 1. The molecular formula is C24H21ClN2O4. The van der Waals surface area contributed by atoms with Gasteiger partial charge >= 0.3 is 5.97 Å². The van der Waals surface area contributed by atoms with Crippen molar-refractivity contribution in [3.63, 3.8) is 0 Å². The van der Waals surface area contributed by atoms with E-state index in [1.165, 1.54) is 7.11 Å². The zero-order valence-electron chi connectivity index (χ0n) is 17.3. The lowest BCUT2D eigenvalue weighted by atomic mass is 10.0. The van der Waals surface area contributed by atoms with Gasteiger partial charge in [0, 0.05) is 5.56 Å². The highest BCUT2D eigenvalue weighted by atomic mass is 35.5. The number of aryl methyl sites for hydroxylation is 1. The average molecular weight is 437 g/mol. The molecule has 0 aliphatic carbocycles. The van der Waals surface area contributed by atoms with E-state index in [0.717, 1.165) is 27.8 Å². The number of halogens is 1. The Balaban J connectivity index is 1.65. The number of benzene rings is 3. The summed E-state index contributed by atoms with van der Waals surface area (Å²) in [6, 6.07) is 16.7. The molecule has 1 aromatic heterocycles. The Hall–Kier alpha value is -3.35. The fourth-order valence-corrected chi connectivity index (χ4v) is 3.60. The van der Waals surface area contributed by atoms with Crippen molar-refractivity contribution in [1.82, 2.24) is 9.97 Å². The number of aliphatic hydroxyl groups is 1. The summed E-state index contributed by atoms with van der Waals surface area (Å²) >= 11 is 6.51. The number of aliphatic hydroxyl groups excluding tert-OH is 1. The van der Waals surface area contributed by atoms with Gasteiger partial charge in [-0.2, -0.15) is 4.98 Å². The quantitative estimate of drug-likeness (QED) is 0.385. The first-order chi connectivity index (χ1) is 14.9. The molecule has 31 heavy (non-hydrogen) atoms. The van der Waals surface area contributed by atoms with E-state index in [9.17, 15) is 9.90 Å². The van der Waals surface area contributed by atoms with Gasteiger partial charge in [-0.25, -0.2) is 4.79 Å². The average Bonchev–Trinajstić information content (AvgIpc) is 3.14. The molecule has 158 valence electrons. The van der Waals surface area contributed by atoms with Crippen molar-refractivity contribution in [2.24, 2.45) is 0 Å². The molecule has 1 unspecified atom stereocenters. The van der Waals surface area contributed by atoms with Crippen LogP contribution >= 0.6 is 11.6 Å². The number of carbonyl (C=O) groups is 1. The number of rotatable bonds is 5. The van der Waals surface area contributed by atoms with E-state index in [2.05, 4.69) is 9.97 Å². The van der Waals surface area contributed by atoms with Gasteiger partial charge in [0.05, 0.1) is 34.8 Å². The maximum absolute atomic E-state index is 11.9. The molecule has 2 N–H and O–H groups in total. The molecule has 6 nitrogen and oxygen atoms in total. The minimum atomic E-state index is -0.528. The highest BCUT2D eigenvalue weighted by Crippen LogP contribution is 2.33. The fraction of sp³-hybridized carbons (Fsp3) is 0.167. The Morgan fingerprint density at radius 1 is 1.13 bits per heavy atom. The predicted molar refractivity (Wildman–Crippen MR) is 120 cm³/mol. The topological polar surface area (TPSA) is 84.4 Å². The Morgan fingerprint density at radius 2 is 1.87 bits per heavy atom. The largest absolute Gasteiger partial charge is 0.465 e. The number of methoxy groups -OCH3 is 1. The smallest absolute Gasteiger partial charge is 0.338 e. The number of H-pyrrole nitrogens is 1. The number of carbonyl (C=O) groups excluding carboxylic acids is 1. The molecule has 0 spiro atoms. The standard InChI is InChI=1S/C24H21ClN2O4/c1-13-4-9-17(10-18(13)23(29)30-3)31-24-26-21-11-19(20(25)12-22(21)27-24)16-7-5-15(6-8-16)14(2)28/h4-12,14,28H,1-3H3,(H,26,27). The summed E-state index contributed by atoms with van der Waals surface area (Å²) in [5.41, 5.74) is 5.22. The van der Waals surface area contributed by atoms with Crippen molar-refractivity contribution in [3.8, 4) is 22.9 Å². The number of imidazole rings is 1. The molecule has 0 aliphatic heterocycles. The molecule has 0 bridgehead atoms. The Bertz CT molecular complexity index is 1260. The second-order valence-electron chi connectivity index (χ2n) is 7.26. The van der Waals surface area contributed by atoms with Crippen molar-refractivity contribution in [1.29, 1.82) is 0 Å². The van der Waals surface area contributed by atoms with Crippen LogP contribution in [0.15, 0.2) is 54.6 Å². The van der Waals surface area contributed by atoms with Crippen molar-refractivity contribution < 1.29 is 19.4 Å². The molecule has 4 rings (SSSR count). The number of aromatic nitrogens is 2. The number of nitrogens with one attached hydrogen (secondary N) is 1. The van der Waals surface area contributed by atoms with E-state index in [1.54, 1.807) is 31.2 Å². The number of hydrogen-bond acceptors (Lipinski definition) is 5. The number of esters is 1. The van der Waals surface area contributed by atoms with Crippen molar-refractivity contribution in [2.75, 3.05) is 7.11 Å². The lowest BCUT2D eigenvalue weighted by Crippen LogP contribution is -2.04. The zero-order chi connectivity index (χ0) is 22.1. The Kier molecular flexibility index (Phi) is 5.67. The van der Waals surface area contributed by atoms with E-state index in [0.29, 0.717) is 21.9 Å². The molecule has 4 aromatic rings. The molecule has 3 aromatic carbocycles. The van der Waals surface area contributed by atoms with Crippen LogP contribution in [0, 0.1) is 6.92 Å². The van der Waals surface area contributed by atoms with Gasteiger partial charge in [0.1, 0.15) is 5.75 Å². The van der Waals surface area contributed by atoms with E-state index < -0.39 is 12.1 Å². The summed E-state index contributed by atoms with van der Waals surface area (Å²) in [4.78, 5) is 19.5. The molecule has 0 aliphatic rings. The summed E-state index contributed by atoms with van der Waals surface area (Å²) in [6.07, 6.45) is -0.528. The van der Waals surface area contributed by atoms with Crippen LogP contribution in [0.1, 0.15) is 34.5 Å². The molecule has 7 heteroatoms. The first kappa shape index (κ1) is 20.9. The third-order valence-electron chi connectivity index (χ3n) is 5.08. The molecule has 1 heterocycles. The van der Waals surface area contributed by atoms with Gasteiger partial charge in [0.2, 0.25) is 0 Å². The maximum atomic E-state index is 11.9. The van der Waals surface area contributed by atoms with Crippen LogP contribution in [0.25, 0.3) is 22.2 Å². The summed E-state index contributed by atoms with van der Waals surface area (Å²) in [5.74, 6) is 0.0377. The predicted octanol–water partition coefficient (Wildman–Crippen LogP) is 5.82. The molecular weight excluding hydrogens is 416 g/mol. The van der Waals surface area contributed by atoms with Gasteiger partial charge < -0.3 is 19.6 Å². The first-order valence-electron chi connectivity index (χ1n) is 9.70. The van der Waals surface area contributed by atoms with E-state index in [-0.39, 0.29) is 6.01 Å². The van der Waals surface area contributed by atoms with Gasteiger partial charge in [-0.1, -0.05) is 41.9 Å². The monoisotopic (exact) mass is 436 g/mol. The fourth-order valence-electron chi connectivity index (χ4n) is 3.32. The van der Waals surface area contributed by atoms with Crippen LogP contribution in [0.2, 0.25) is 5.02 Å². The lowest BCUT2D eigenvalue weighted by Gasteiger charge is -2.08. The van der Waals surface area contributed by atoms with Gasteiger partial charge in [-0.05, 0) is 54.8 Å². The molecule has 0 radical (unpaired) electrons. The Labute approximate surface area is 184 Å². The summed E-state index contributed by atoms with van der Waals surface area (Å²) in [5, 5.41) is 10.3. The molecule has 0 fully saturated rings. The second-order valence-corrected chi connectivity index (χ2v) is 7.67. The third-order valence-corrected chi connectivity index (χ3v) is 5.39. The summed E-state index contributed by atoms with van der Waals surface area (Å²) in [7, 11) is 1.34. The van der Waals surface area contributed by atoms with E-state index >= 15 is 0 Å². The van der Waals surface area contributed by atoms with Crippen LogP contribution in [0.5, 0.6) is 11.8 Å². The van der Waals surface area contributed by atoms with Gasteiger partial charge in [-0.15, -0.1) is 0 Å². The molecule has 0 amide bonds. The SMILES string of the molecule is COC(=O)c1cc(Oc2nc3cc(-c4ccc(C(C)O)cc4)c(Cl)cc3[nH]2)ccc1C. The minimum absolute atomic E-state index is 0.285. The first-order valence-corrected chi connectivity index (χ1v) is 10.1. The summed E-state index contributed by atoms with van der Waals surface area (Å²) in [6.45, 7) is 3.55. The van der Waals surface area contributed by atoms with Crippen LogP contribution in [0.4, 0.5) is 0 Å². The number of fused-ring (bicyclic) bond motifs is 1. The zero-order valence-corrected chi connectivity index (χ0v) is 18.0. The van der Waals surface area contributed by atoms with Crippen molar-refractivity contribution in [2.45, 2.75) is 20.0 Å². The van der Waals surface area contributed by atoms with Crippen LogP contribution in [-0.2, 0) is 4.74 Å². The number of ether oxygens (including phenoxy) is 2. The normalized spacial score (nSPS) is 12.0. The number of nitrogens with zero attached hydrogens (tertiary/aromatic N) is 1. The Morgan fingerprint density at radius 3 is 2.55 bits per heavy atom. The molecule has 0 saturated carbocycles. The van der Waals surface area contributed by atoms with Crippen molar-refractivity contribution in [3.05, 3.63) is 76.3 Å². The highest BCUT2D eigenvalue weighted by Gasteiger charge is 2.14. The van der Waals surface area contributed by atoms with Gasteiger partial charge in [0.15, 0.2) is 0 Å². The third kappa shape index (κ3) is 4.26. The molecule has 0 saturated heterocycles. The van der Waals surface area contributed by atoms with Crippen LogP contribution in [-0.4, -0.2) is 28.2 Å². The number of hydrogen-bond donors (Lipinski definition) is 2. The van der Waals surface area contributed by atoms with Crippen LogP contribution in [0.3, 0.4) is 0 Å². The van der Waals surface area contributed by atoms with Gasteiger partial charge in [0.25, 0.3) is 6.01 Å². The lowest BCUT2D eigenvalue weighted by molar-refractivity contribution is 0.0599. The van der Waals surface area contributed by atoms with Crippen molar-refractivity contribution >= 4 is 28.6 Å². The van der Waals surface area contributed by atoms with E-state index in [4.69, 9.17) is 21.1 Å². The maximum Gasteiger partial charge on any atom is 0.338 e.